The number of amides is 1. The van der Waals surface area contributed by atoms with Crippen molar-refractivity contribution in [2.75, 3.05) is 6.61 Å². The summed E-state index contributed by atoms with van der Waals surface area (Å²) in [7, 11) is 0. The quantitative estimate of drug-likeness (QED) is 0.718. The van der Waals surface area contributed by atoms with Crippen molar-refractivity contribution in [2.24, 2.45) is 5.73 Å². The molecular weight excluding hydrogens is 342 g/mol. The molecule has 26 heavy (non-hydrogen) atoms. The van der Waals surface area contributed by atoms with E-state index in [2.05, 4.69) is 10.1 Å². The maximum Gasteiger partial charge on any atom is 0.387 e. The van der Waals surface area contributed by atoms with Gasteiger partial charge in [-0.25, -0.2) is 0 Å². The third kappa shape index (κ3) is 5.70. The van der Waals surface area contributed by atoms with Gasteiger partial charge in [-0.2, -0.15) is 8.78 Å². The number of para-hydroxylation sites is 1. The second kappa shape index (κ2) is 9.72. The maximum atomic E-state index is 12.7. The highest BCUT2D eigenvalue weighted by Crippen LogP contribution is 2.32. The molecule has 0 bridgehead atoms. The number of nitrogens with one attached hydrogen (secondary N) is 1. The van der Waals surface area contributed by atoms with E-state index in [-0.39, 0.29) is 24.0 Å². The number of carbonyl (C=O) groups excluding carboxylic acids is 1. The Morgan fingerprint density at radius 3 is 2.54 bits per heavy atom. The zero-order valence-electron chi connectivity index (χ0n) is 14.5. The minimum Gasteiger partial charge on any atom is -0.490 e. The van der Waals surface area contributed by atoms with Gasteiger partial charge in [-0.1, -0.05) is 42.5 Å². The third-order valence-corrected chi connectivity index (χ3v) is 3.66. The molecule has 0 unspecified atom stereocenters. The van der Waals surface area contributed by atoms with Crippen LogP contribution in [0.15, 0.2) is 48.5 Å². The Kier molecular flexibility index (Phi) is 7.35. The molecule has 1 amide bonds. The highest BCUT2D eigenvalue weighted by atomic mass is 19.3. The summed E-state index contributed by atoms with van der Waals surface area (Å²) in [5, 5.41) is 2.66. The van der Waals surface area contributed by atoms with Gasteiger partial charge in [0.05, 0.1) is 12.6 Å². The van der Waals surface area contributed by atoms with Gasteiger partial charge in [0, 0.05) is 12.1 Å². The Hall–Kier alpha value is -2.67. The van der Waals surface area contributed by atoms with Crippen molar-refractivity contribution in [2.45, 2.75) is 32.5 Å². The fraction of sp³-hybridized carbons (Fsp3) is 0.316. The van der Waals surface area contributed by atoms with Crippen LogP contribution in [0.4, 0.5) is 8.78 Å². The number of alkyl halides is 2. The fourth-order valence-electron chi connectivity index (χ4n) is 2.47. The lowest BCUT2D eigenvalue weighted by Gasteiger charge is -2.17. The van der Waals surface area contributed by atoms with Crippen molar-refractivity contribution >= 4 is 5.91 Å². The predicted octanol–water partition coefficient (Wildman–Crippen LogP) is 2.87. The van der Waals surface area contributed by atoms with Crippen LogP contribution < -0.4 is 20.5 Å². The lowest BCUT2D eigenvalue weighted by Crippen LogP contribution is -2.41. The van der Waals surface area contributed by atoms with Crippen LogP contribution in [-0.4, -0.2) is 25.2 Å². The Morgan fingerprint density at radius 1 is 1.15 bits per heavy atom. The molecule has 2 aromatic rings. The van der Waals surface area contributed by atoms with Crippen LogP contribution in [0.2, 0.25) is 0 Å². The molecule has 7 heteroatoms. The van der Waals surface area contributed by atoms with Crippen LogP contribution in [0, 0.1) is 0 Å². The van der Waals surface area contributed by atoms with E-state index in [0.29, 0.717) is 18.6 Å². The number of ether oxygens (including phenoxy) is 2. The number of benzene rings is 2. The first-order valence-electron chi connectivity index (χ1n) is 8.28. The topological polar surface area (TPSA) is 73.6 Å². The molecule has 3 N–H and O–H groups in total. The smallest absolute Gasteiger partial charge is 0.387 e. The molecule has 1 atom stereocenters. The average Bonchev–Trinajstić information content (AvgIpc) is 2.62. The monoisotopic (exact) mass is 364 g/mol. The number of carbonyl (C=O) groups is 1. The summed E-state index contributed by atoms with van der Waals surface area (Å²) in [4.78, 5) is 12.2. The molecule has 5 nitrogen and oxygen atoms in total. The van der Waals surface area contributed by atoms with Gasteiger partial charge in [0.25, 0.3) is 0 Å². The van der Waals surface area contributed by atoms with Crippen molar-refractivity contribution < 1.29 is 23.0 Å². The Labute approximate surface area is 151 Å². The van der Waals surface area contributed by atoms with Crippen molar-refractivity contribution in [1.82, 2.24) is 5.32 Å². The number of halogens is 2. The van der Waals surface area contributed by atoms with Crippen LogP contribution in [0.1, 0.15) is 18.1 Å². The SMILES string of the molecule is CCOc1cccc(CNC(=O)[C@@H](N)Cc2ccccc2)c1OC(F)F. The van der Waals surface area contributed by atoms with Gasteiger partial charge < -0.3 is 20.5 Å². The van der Waals surface area contributed by atoms with Gasteiger partial charge in [0.2, 0.25) is 5.91 Å². The number of hydrogen-bond acceptors (Lipinski definition) is 4. The number of nitrogens with two attached hydrogens (primary N) is 1. The van der Waals surface area contributed by atoms with E-state index >= 15 is 0 Å². The predicted molar refractivity (Wildman–Crippen MR) is 94.2 cm³/mol. The first kappa shape index (κ1) is 19.7. The zero-order valence-corrected chi connectivity index (χ0v) is 14.5. The highest BCUT2D eigenvalue weighted by Gasteiger charge is 2.18. The van der Waals surface area contributed by atoms with Gasteiger partial charge in [-0.05, 0) is 25.0 Å². The molecule has 0 aliphatic carbocycles. The van der Waals surface area contributed by atoms with E-state index in [4.69, 9.17) is 10.5 Å². The molecule has 0 spiro atoms. The zero-order chi connectivity index (χ0) is 18.9. The summed E-state index contributed by atoms with van der Waals surface area (Å²) < 4.78 is 35.3. The van der Waals surface area contributed by atoms with E-state index in [9.17, 15) is 13.6 Å². The van der Waals surface area contributed by atoms with Gasteiger partial charge in [-0.3, -0.25) is 4.79 Å². The van der Waals surface area contributed by atoms with Gasteiger partial charge in [0.1, 0.15) is 0 Å². The molecule has 0 aromatic heterocycles. The summed E-state index contributed by atoms with van der Waals surface area (Å²) in [5.74, 6) is -0.256. The summed E-state index contributed by atoms with van der Waals surface area (Å²) in [6.07, 6.45) is 0.381. The highest BCUT2D eigenvalue weighted by molar-refractivity contribution is 5.81. The van der Waals surface area contributed by atoms with Crippen LogP contribution in [0.5, 0.6) is 11.5 Å². The first-order valence-corrected chi connectivity index (χ1v) is 8.28. The summed E-state index contributed by atoms with van der Waals surface area (Å²) in [6.45, 7) is -0.948. The standard InChI is InChI=1S/C19H22F2N2O3/c1-2-25-16-10-6-9-14(17(16)26-19(20)21)12-23-18(24)15(22)11-13-7-4-3-5-8-13/h3-10,15,19H,2,11-12,22H2,1H3,(H,23,24)/t15-/m0/s1. The normalized spacial score (nSPS) is 11.9. The number of hydrogen-bond donors (Lipinski definition) is 2. The Bertz CT molecular complexity index is 711. The van der Waals surface area contributed by atoms with E-state index in [1.165, 1.54) is 6.07 Å². The molecule has 2 aromatic carbocycles. The minimum atomic E-state index is -2.99. The van der Waals surface area contributed by atoms with Crippen molar-refractivity contribution in [3.05, 3.63) is 59.7 Å². The Balaban J connectivity index is 2.03. The molecule has 0 saturated heterocycles. The molecule has 2 rings (SSSR count). The number of rotatable bonds is 9. The Morgan fingerprint density at radius 2 is 1.88 bits per heavy atom. The van der Waals surface area contributed by atoms with Crippen molar-refractivity contribution in [3.63, 3.8) is 0 Å². The maximum absolute atomic E-state index is 12.7. The van der Waals surface area contributed by atoms with E-state index in [1.807, 2.05) is 30.3 Å². The molecule has 0 fully saturated rings. The van der Waals surface area contributed by atoms with Crippen LogP contribution in [0.25, 0.3) is 0 Å². The lowest BCUT2D eigenvalue weighted by molar-refractivity contribution is -0.122. The van der Waals surface area contributed by atoms with Crippen LogP contribution in [0.3, 0.4) is 0 Å². The second-order valence-corrected chi connectivity index (χ2v) is 5.57. The van der Waals surface area contributed by atoms with E-state index < -0.39 is 12.7 Å². The van der Waals surface area contributed by atoms with E-state index in [0.717, 1.165) is 5.56 Å². The van der Waals surface area contributed by atoms with Gasteiger partial charge >= 0.3 is 6.61 Å². The summed E-state index contributed by atoms with van der Waals surface area (Å²) in [5.41, 5.74) is 7.25. The van der Waals surface area contributed by atoms with E-state index in [1.54, 1.807) is 19.1 Å². The molecule has 0 aliphatic heterocycles. The van der Waals surface area contributed by atoms with Crippen molar-refractivity contribution in [1.29, 1.82) is 0 Å². The van der Waals surface area contributed by atoms with Crippen LogP contribution in [-0.2, 0) is 17.8 Å². The average molecular weight is 364 g/mol. The third-order valence-electron chi connectivity index (χ3n) is 3.66. The van der Waals surface area contributed by atoms with Crippen molar-refractivity contribution in [3.8, 4) is 11.5 Å². The lowest BCUT2D eigenvalue weighted by atomic mass is 10.1. The largest absolute Gasteiger partial charge is 0.490 e. The second-order valence-electron chi connectivity index (χ2n) is 5.57. The van der Waals surface area contributed by atoms with Gasteiger partial charge in [-0.15, -0.1) is 0 Å². The van der Waals surface area contributed by atoms with Crippen LogP contribution >= 0.6 is 0 Å². The van der Waals surface area contributed by atoms with Gasteiger partial charge in [0.15, 0.2) is 11.5 Å². The minimum absolute atomic E-state index is 0.00426. The fourth-order valence-corrected chi connectivity index (χ4v) is 2.47. The molecule has 0 heterocycles. The molecule has 0 aliphatic rings. The molecule has 0 radical (unpaired) electrons. The molecule has 0 saturated carbocycles. The summed E-state index contributed by atoms with van der Waals surface area (Å²) >= 11 is 0. The first-order chi connectivity index (χ1) is 12.5. The molecule has 140 valence electrons. The summed E-state index contributed by atoms with van der Waals surface area (Å²) in [6, 6.07) is 13.4. The molecular formula is C19H22F2N2O3.